The van der Waals surface area contributed by atoms with Crippen molar-refractivity contribution < 1.29 is 9.53 Å². The number of morpholine rings is 1. The minimum absolute atomic E-state index is 0.0612. The third-order valence-electron chi connectivity index (χ3n) is 4.42. The lowest BCUT2D eigenvalue weighted by atomic mass is 10.1. The van der Waals surface area contributed by atoms with E-state index < -0.39 is 0 Å². The van der Waals surface area contributed by atoms with Crippen LogP contribution < -0.4 is 10.2 Å². The molecule has 0 unspecified atom stereocenters. The van der Waals surface area contributed by atoms with Gasteiger partial charge in [-0.15, -0.1) is 0 Å². The van der Waals surface area contributed by atoms with E-state index in [-0.39, 0.29) is 18.2 Å². The van der Waals surface area contributed by atoms with Crippen LogP contribution in [-0.4, -0.2) is 50.3 Å². The van der Waals surface area contributed by atoms with Gasteiger partial charge in [0.25, 0.3) is 0 Å². The van der Waals surface area contributed by atoms with E-state index in [0.29, 0.717) is 18.2 Å². The monoisotopic (exact) mass is 323 g/mol. The Bertz CT molecular complexity index is 564. The number of hydrogen-bond donors (Lipinski definition) is 1. The molecule has 1 N–H and O–H groups in total. The van der Waals surface area contributed by atoms with E-state index in [0.717, 1.165) is 30.6 Å². The molecule has 0 spiro atoms. The summed E-state index contributed by atoms with van der Waals surface area (Å²) in [5, 5.41) is 3.59. The van der Waals surface area contributed by atoms with Gasteiger partial charge in [0.2, 0.25) is 0 Å². The lowest BCUT2D eigenvalue weighted by Gasteiger charge is -2.37. The number of amides is 2. The summed E-state index contributed by atoms with van der Waals surface area (Å²) in [7, 11) is 3.88. The summed E-state index contributed by atoms with van der Waals surface area (Å²) in [4.78, 5) is 16.4. The fourth-order valence-corrected chi connectivity index (χ4v) is 3.67. The number of carbonyl (C=O) groups is 1. The molecule has 0 bridgehead atoms. The van der Waals surface area contributed by atoms with Crippen molar-refractivity contribution in [3.05, 3.63) is 23.2 Å². The van der Waals surface area contributed by atoms with Gasteiger partial charge in [-0.05, 0) is 37.5 Å². The average molecular weight is 324 g/mol. The van der Waals surface area contributed by atoms with Crippen LogP contribution in [0.5, 0.6) is 0 Å². The predicted molar refractivity (Wildman–Crippen MR) is 88.9 cm³/mol. The number of benzene rings is 1. The summed E-state index contributed by atoms with van der Waals surface area (Å²) in [6.07, 6.45) is 3.41. The van der Waals surface area contributed by atoms with Crippen LogP contribution in [-0.2, 0) is 4.74 Å². The largest absolute Gasteiger partial charge is 0.376 e. The van der Waals surface area contributed by atoms with Crippen molar-refractivity contribution in [2.45, 2.75) is 31.4 Å². The zero-order chi connectivity index (χ0) is 15.7. The molecule has 0 aromatic heterocycles. The molecule has 1 saturated heterocycles. The fraction of sp³-hybridized carbons (Fsp3) is 0.562. The minimum Gasteiger partial charge on any atom is -0.376 e. The quantitative estimate of drug-likeness (QED) is 0.909. The number of halogens is 1. The van der Waals surface area contributed by atoms with Gasteiger partial charge in [-0.25, -0.2) is 4.79 Å². The van der Waals surface area contributed by atoms with Gasteiger partial charge in [0, 0.05) is 26.3 Å². The Morgan fingerprint density at radius 3 is 2.95 bits per heavy atom. The number of rotatable bonds is 2. The van der Waals surface area contributed by atoms with Crippen molar-refractivity contribution >= 4 is 29.0 Å². The Morgan fingerprint density at radius 2 is 2.23 bits per heavy atom. The molecule has 1 aromatic carbocycles. The molecule has 22 heavy (non-hydrogen) atoms. The average Bonchev–Trinajstić information content (AvgIpc) is 2.95. The lowest BCUT2D eigenvalue weighted by molar-refractivity contribution is -0.0362. The Labute approximate surface area is 136 Å². The van der Waals surface area contributed by atoms with Gasteiger partial charge >= 0.3 is 6.03 Å². The predicted octanol–water partition coefficient (Wildman–Crippen LogP) is 3.19. The summed E-state index contributed by atoms with van der Waals surface area (Å²) in [5.74, 6) is 0. The van der Waals surface area contributed by atoms with Gasteiger partial charge in [-0.1, -0.05) is 11.6 Å². The van der Waals surface area contributed by atoms with Crippen molar-refractivity contribution in [1.82, 2.24) is 4.90 Å². The number of fused-ring (bicyclic) bond motifs is 1. The van der Waals surface area contributed by atoms with Gasteiger partial charge in [0.15, 0.2) is 0 Å². The standard InChI is InChI=1S/C16H22ClN3O2/c1-19(2)13-7-6-11(10-12(13)17)18-16(21)20-8-9-22-15-5-3-4-14(15)20/h6-7,10,14-15H,3-5,8-9H2,1-2H3,(H,18,21)/t14-,15+/m1/s1. The Morgan fingerprint density at radius 1 is 1.41 bits per heavy atom. The zero-order valence-corrected chi connectivity index (χ0v) is 13.8. The van der Waals surface area contributed by atoms with E-state index in [1.807, 2.05) is 36.0 Å². The molecule has 2 aliphatic rings. The number of nitrogens with zero attached hydrogens (tertiary/aromatic N) is 2. The molecule has 2 amide bonds. The van der Waals surface area contributed by atoms with Gasteiger partial charge in [-0.2, -0.15) is 0 Å². The Kier molecular flexibility index (Phi) is 4.45. The summed E-state index contributed by atoms with van der Waals surface area (Å²) in [6.45, 7) is 1.27. The molecule has 1 aliphatic heterocycles. The van der Waals surface area contributed by atoms with E-state index in [9.17, 15) is 4.79 Å². The normalized spacial score (nSPS) is 24.0. The molecule has 2 atom stereocenters. The second-order valence-corrected chi connectivity index (χ2v) is 6.50. The smallest absolute Gasteiger partial charge is 0.322 e. The number of nitrogens with one attached hydrogen (secondary N) is 1. The van der Waals surface area contributed by atoms with E-state index in [1.54, 1.807) is 6.07 Å². The van der Waals surface area contributed by atoms with Gasteiger partial charge < -0.3 is 19.9 Å². The number of anilines is 2. The van der Waals surface area contributed by atoms with Crippen LogP contribution in [0.15, 0.2) is 18.2 Å². The van der Waals surface area contributed by atoms with Gasteiger partial charge in [-0.3, -0.25) is 0 Å². The first-order valence-corrected chi connectivity index (χ1v) is 8.10. The highest BCUT2D eigenvalue weighted by molar-refractivity contribution is 6.33. The van der Waals surface area contributed by atoms with Crippen molar-refractivity contribution in [3.8, 4) is 0 Å². The third-order valence-corrected chi connectivity index (χ3v) is 4.73. The molecule has 5 nitrogen and oxygen atoms in total. The third kappa shape index (κ3) is 3.01. The first-order valence-electron chi connectivity index (χ1n) is 7.72. The van der Waals surface area contributed by atoms with Crippen LogP contribution in [0.2, 0.25) is 5.02 Å². The molecule has 6 heteroatoms. The summed E-state index contributed by atoms with van der Waals surface area (Å²) >= 11 is 6.26. The van der Waals surface area contributed by atoms with E-state index >= 15 is 0 Å². The Balaban J connectivity index is 1.70. The molecular formula is C16H22ClN3O2. The van der Waals surface area contributed by atoms with Crippen molar-refractivity contribution in [1.29, 1.82) is 0 Å². The molecule has 1 aromatic rings. The van der Waals surface area contributed by atoms with Crippen LogP contribution in [0, 0.1) is 0 Å². The highest BCUT2D eigenvalue weighted by Crippen LogP contribution is 2.31. The van der Waals surface area contributed by atoms with Crippen LogP contribution in [0.3, 0.4) is 0 Å². The topological polar surface area (TPSA) is 44.8 Å². The molecule has 3 rings (SSSR count). The van der Waals surface area contributed by atoms with Crippen molar-refractivity contribution in [2.24, 2.45) is 0 Å². The highest BCUT2D eigenvalue weighted by Gasteiger charge is 2.38. The maximum atomic E-state index is 12.5. The second-order valence-electron chi connectivity index (χ2n) is 6.09. The summed E-state index contributed by atoms with van der Waals surface area (Å²) in [6, 6.07) is 5.74. The first-order chi connectivity index (χ1) is 10.6. The number of hydrogen-bond acceptors (Lipinski definition) is 3. The molecular weight excluding hydrogens is 302 g/mol. The molecule has 0 radical (unpaired) electrons. The Hall–Kier alpha value is -1.46. The van der Waals surface area contributed by atoms with Crippen LogP contribution in [0.25, 0.3) is 0 Å². The van der Waals surface area contributed by atoms with Crippen LogP contribution in [0.1, 0.15) is 19.3 Å². The van der Waals surface area contributed by atoms with Gasteiger partial charge in [0.05, 0.1) is 29.5 Å². The van der Waals surface area contributed by atoms with E-state index in [1.165, 1.54) is 0 Å². The first kappa shape index (κ1) is 15.4. The summed E-state index contributed by atoms with van der Waals surface area (Å²) < 4.78 is 5.75. The highest BCUT2D eigenvalue weighted by atomic mass is 35.5. The molecule has 120 valence electrons. The number of carbonyl (C=O) groups excluding carboxylic acids is 1. The maximum Gasteiger partial charge on any atom is 0.322 e. The fourth-order valence-electron chi connectivity index (χ4n) is 3.32. The molecule has 1 heterocycles. The number of ether oxygens (including phenoxy) is 1. The van der Waals surface area contributed by atoms with E-state index in [2.05, 4.69) is 5.32 Å². The minimum atomic E-state index is -0.0612. The lowest BCUT2D eigenvalue weighted by Crippen LogP contribution is -2.52. The zero-order valence-electron chi connectivity index (χ0n) is 13.0. The van der Waals surface area contributed by atoms with Crippen molar-refractivity contribution in [2.75, 3.05) is 37.5 Å². The SMILES string of the molecule is CN(C)c1ccc(NC(=O)N2CCO[C@H]3CCC[C@H]32)cc1Cl. The summed E-state index contributed by atoms with van der Waals surface area (Å²) in [5.41, 5.74) is 1.66. The van der Waals surface area contributed by atoms with E-state index in [4.69, 9.17) is 16.3 Å². The molecule has 2 fully saturated rings. The maximum absolute atomic E-state index is 12.5. The van der Waals surface area contributed by atoms with Gasteiger partial charge in [0.1, 0.15) is 0 Å². The second kappa shape index (κ2) is 6.34. The van der Waals surface area contributed by atoms with Crippen molar-refractivity contribution in [3.63, 3.8) is 0 Å². The molecule has 1 aliphatic carbocycles. The molecule has 1 saturated carbocycles. The van der Waals surface area contributed by atoms with Crippen LogP contribution >= 0.6 is 11.6 Å². The number of urea groups is 1. The van der Waals surface area contributed by atoms with Crippen LogP contribution in [0.4, 0.5) is 16.2 Å².